The molecule has 9 nitrogen and oxygen atoms in total. The van der Waals surface area contributed by atoms with Crippen LogP contribution in [0.5, 0.6) is 0 Å². The van der Waals surface area contributed by atoms with Crippen LogP contribution in [0.15, 0.2) is 41.9 Å². The quantitative estimate of drug-likeness (QED) is 0.291. The van der Waals surface area contributed by atoms with Gasteiger partial charge in [0.2, 0.25) is 5.95 Å². The summed E-state index contributed by atoms with van der Waals surface area (Å²) < 4.78 is 0. The average Bonchev–Trinajstić information content (AvgIpc) is 3.57. The molecule has 190 valence electrons. The van der Waals surface area contributed by atoms with Gasteiger partial charge in [-0.25, -0.2) is 9.97 Å². The molecule has 1 aromatic carbocycles. The van der Waals surface area contributed by atoms with Gasteiger partial charge in [0.1, 0.15) is 4.83 Å². The molecule has 1 unspecified atom stereocenters. The van der Waals surface area contributed by atoms with E-state index in [4.69, 9.17) is 9.97 Å². The van der Waals surface area contributed by atoms with Gasteiger partial charge in [0.05, 0.1) is 28.5 Å². The molecule has 10 heteroatoms. The first kappa shape index (κ1) is 23.8. The first-order valence-electron chi connectivity index (χ1n) is 12.4. The highest BCUT2D eigenvalue weighted by molar-refractivity contribution is 7.16. The van der Waals surface area contributed by atoms with E-state index in [9.17, 15) is 14.7 Å². The molecule has 5 heterocycles. The largest absolute Gasteiger partial charge is 0.392 e. The van der Waals surface area contributed by atoms with Crippen LogP contribution in [-0.2, 0) is 9.59 Å². The molecule has 1 fully saturated rings. The number of aromatic amines is 1. The SMILES string of the molecule is CC(O)CNC1(C)CCN(c2nc(C3=C(c4c[nH]c5sccc45)C(=O)NC3=O)c3ccccc3n2)CC1. The number of hydrogen-bond donors (Lipinski definition) is 4. The van der Waals surface area contributed by atoms with Gasteiger partial charge in [0.25, 0.3) is 11.8 Å². The second kappa shape index (κ2) is 9.05. The smallest absolute Gasteiger partial charge is 0.261 e. The molecule has 2 aliphatic rings. The van der Waals surface area contributed by atoms with Crippen LogP contribution in [0, 0.1) is 0 Å². The fraction of sp³-hybridized carbons (Fsp3) is 0.333. The van der Waals surface area contributed by atoms with E-state index in [1.165, 1.54) is 0 Å². The van der Waals surface area contributed by atoms with Gasteiger partial charge >= 0.3 is 0 Å². The van der Waals surface area contributed by atoms with Crippen molar-refractivity contribution in [2.45, 2.75) is 38.3 Å². The van der Waals surface area contributed by atoms with Crippen LogP contribution in [0.25, 0.3) is 32.3 Å². The van der Waals surface area contributed by atoms with Crippen LogP contribution in [-0.4, -0.2) is 63.1 Å². The van der Waals surface area contributed by atoms with Crippen molar-refractivity contribution in [1.29, 1.82) is 0 Å². The Hall–Kier alpha value is -3.60. The third-order valence-electron chi connectivity index (χ3n) is 7.31. The van der Waals surface area contributed by atoms with Crippen LogP contribution < -0.4 is 15.5 Å². The number of para-hydroxylation sites is 1. The second-order valence-electron chi connectivity index (χ2n) is 10.1. The van der Waals surface area contributed by atoms with Gasteiger partial charge < -0.3 is 20.3 Å². The van der Waals surface area contributed by atoms with Gasteiger partial charge in [0, 0.05) is 47.7 Å². The molecule has 4 N–H and O–H groups in total. The molecule has 0 aliphatic carbocycles. The standard InChI is InChI=1S/C27H28N6O3S/c1-15(34)13-29-27(2)8-10-33(11-9-27)26-30-19-6-4-3-5-17(19)22(31-26)21-20(23(35)32-24(21)36)18-14-28-25-16(18)7-12-37-25/h3-7,12,14-15,28-29,34H,8-11,13H2,1-2H3,(H,32,35,36). The number of anilines is 1. The lowest BCUT2D eigenvalue weighted by atomic mass is 9.89. The molecule has 6 rings (SSSR count). The predicted molar refractivity (Wildman–Crippen MR) is 145 cm³/mol. The number of imide groups is 1. The van der Waals surface area contributed by atoms with Gasteiger partial charge in [-0.15, -0.1) is 11.3 Å². The molecule has 4 aromatic rings. The Balaban J connectivity index is 1.44. The number of amides is 2. The lowest BCUT2D eigenvalue weighted by Gasteiger charge is -2.40. The maximum atomic E-state index is 13.2. The van der Waals surface area contributed by atoms with Crippen LogP contribution in [0.1, 0.15) is 37.9 Å². The number of aliphatic hydroxyl groups excluding tert-OH is 1. The summed E-state index contributed by atoms with van der Waals surface area (Å²) in [5.41, 5.74) is 2.40. The highest BCUT2D eigenvalue weighted by Crippen LogP contribution is 2.38. The van der Waals surface area contributed by atoms with Gasteiger partial charge in [-0.3, -0.25) is 14.9 Å². The van der Waals surface area contributed by atoms with E-state index in [0.29, 0.717) is 29.3 Å². The van der Waals surface area contributed by atoms with E-state index < -0.39 is 17.9 Å². The van der Waals surface area contributed by atoms with Crippen molar-refractivity contribution in [3.63, 3.8) is 0 Å². The summed E-state index contributed by atoms with van der Waals surface area (Å²) in [5, 5.41) is 19.2. The first-order chi connectivity index (χ1) is 17.8. The molecule has 3 aromatic heterocycles. The number of benzene rings is 1. The summed E-state index contributed by atoms with van der Waals surface area (Å²) in [4.78, 5) is 42.3. The summed E-state index contributed by atoms with van der Waals surface area (Å²) >= 11 is 1.55. The third kappa shape index (κ3) is 4.20. The monoisotopic (exact) mass is 516 g/mol. The summed E-state index contributed by atoms with van der Waals surface area (Å²) in [5.74, 6) is -0.331. The minimum atomic E-state index is -0.451. The van der Waals surface area contributed by atoms with Crippen molar-refractivity contribution in [2.24, 2.45) is 0 Å². The molecule has 1 saturated heterocycles. The average molecular weight is 517 g/mol. The molecule has 2 amide bonds. The number of carbonyl (C=O) groups is 2. The van der Waals surface area contributed by atoms with E-state index in [0.717, 1.165) is 47.1 Å². The number of nitrogens with zero attached hydrogens (tertiary/aromatic N) is 3. The number of aliphatic hydroxyl groups is 1. The van der Waals surface area contributed by atoms with E-state index in [1.807, 2.05) is 35.7 Å². The van der Waals surface area contributed by atoms with Crippen molar-refractivity contribution in [1.82, 2.24) is 25.6 Å². The van der Waals surface area contributed by atoms with Gasteiger partial charge in [-0.2, -0.15) is 0 Å². The number of fused-ring (bicyclic) bond motifs is 2. The Morgan fingerprint density at radius 3 is 2.65 bits per heavy atom. The normalized spacial score (nSPS) is 18.7. The van der Waals surface area contributed by atoms with Crippen LogP contribution >= 0.6 is 11.3 Å². The number of rotatable bonds is 6. The fourth-order valence-electron chi connectivity index (χ4n) is 5.16. The van der Waals surface area contributed by atoms with Crippen LogP contribution in [0.3, 0.4) is 0 Å². The molecular weight excluding hydrogens is 488 g/mol. The lowest BCUT2D eigenvalue weighted by molar-refractivity contribution is -0.122. The molecule has 0 spiro atoms. The molecule has 0 bridgehead atoms. The number of carbonyl (C=O) groups excluding carboxylic acids is 2. The third-order valence-corrected chi connectivity index (χ3v) is 8.15. The zero-order valence-electron chi connectivity index (χ0n) is 20.7. The van der Waals surface area contributed by atoms with Crippen molar-refractivity contribution in [2.75, 3.05) is 24.5 Å². The molecule has 2 aliphatic heterocycles. The van der Waals surface area contributed by atoms with Crippen molar-refractivity contribution >= 4 is 61.4 Å². The summed E-state index contributed by atoms with van der Waals surface area (Å²) in [6, 6.07) is 9.54. The number of H-pyrrole nitrogens is 1. The minimum Gasteiger partial charge on any atom is -0.392 e. The Bertz CT molecular complexity index is 1560. The highest BCUT2D eigenvalue weighted by atomic mass is 32.1. The number of thiophene rings is 1. The van der Waals surface area contributed by atoms with Gasteiger partial charge in [-0.1, -0.05) is 18.2 Å². The fourth-order valence-corrected chi connectivity index (χ4v) is 5.93. The van der Waals surface area contributed by atoms with Crippen LogP contribution in [0.4, 0.5) is 5.95 Å². The zero-order valence-corrected chi connectivity index (χ0v) is 21.5. The Morgan fingerprint density at radius 1 is 1.11 bits per heavy atom. The summed E-state index contributed by atoms with van der Waals surface area (Å²) in [7, 11) is 0. The van der Waals surface area contributed by atoms with E-state index in [2.05, 4.69) is 27.4 Å². The number of piperidine rings is 1. The first-order valence-corrected chi connectivity index (χ1v) is 13.3. The molecule has 37 heavy (non-hydrogen) atoms. The number of β-amino-alcohol motifs (C(OH)–C–C–N with tert-alkyl or cyclic N) is 1. The Morgan fingerprint density at radius 2 is 1.86 bits per heavy atom. The van der Waals surface area contributed by atoms with E-state index in [-0.39, 0.29) is 11.1 Å². The molecular formula is C27H28N6O3S. The van der Waals surface area contributed by atoms with E-state index >= 15 is 0 Å². The number of aromatic nitrogens is 3. The maximum Gasteiger partial charge on any atom is 0.261 e. The number of hydrogen-bond acceptors (Lipinski definition) is 8. The molecule has 1 atom stereocenters. The lowest BCUT2D eigenvalue weighted by Crippen LogP contribution is -2.53. The predicted octanol–water partition coefficient (Wildman–Crippen LogP) is 3.07. The summed E-state index contributed by atoms with van der Waals surface area (Å²) in [6.07, 6.45) is 3.10. The van der Waals surface area contributed by atoms with Crippen LogP contribution in [0.2, 0.25) is 0 Å². The van der Waals surface area contributed by atoms with Gasteiger partial charge in [0.15, 0.2) is 0 Å². The van der Waals surface area contributed by atoms with Crippen molar-refractivity contribution in [3.8, 4) is 0 Å². The van der Waals surface area contributed by atoms with E-state index in [1.54, 1.807) is 24.5 Å². The Kier molecular flexibility index (Phi) is 5.82. The van der Waals surface area contributed by atoms with Crippen molar-refractivity contribution in [3.05, 3.63) is 53.2 Å². The molecule has 0 radical (unpaired) electrons. The maximum absolute atomic E-state index is 13.2. The van der Waals surface area contributed by atoms with Gasteiger partial charge in [-0.05, 0) is 44.2 Å². The number of nitrogens with one attached hydrogen (secondary N) is 3. The summed E-state index contributed by atoms with van der Waals surface area (Å²) in [6.45, 7) is 5.95. The second-order valence-corrected chi connectivity index (χ2v) is 11.0. The topological polar surface area (TPSA) is 123 Å². The Labute approximate surface area is 217 Å². The van der Waals surface area contributed by atoms with Crippen molar-refractivity contribution < 1.29 is 14.7 Å². The highest BCUT2D eigenvalue weighted by Gasteiger charge is 2.36. The minimum absolute atomic E-state index is 0.0825. The zero-order chi connectivity index (χ0) is 25.7. The molecule has 0 saturated carbocycles.